The van der Waals surface area contributed by atoms with Crippen molar-refractivity contribution in [3.63, 3.8) is 0 Å². The summed E-state index contributed by atoms with van der Waals surface area (Å²) in [4.78, 5) is 0. The Hall–Kier alpha value is -0.0000000000000000555. The molecule has 1 unspecified atom stereocenters. The molecule has 0 bridgehead atoms. The molecule has 0 aromatic carbocycles. The number of hydrogen-bond donors (Lipinski definition) is 1. The van der Waals surface area contributed by atoms with Gasteiger partial charge in [-0.05, 0) is 35.7 Å². The molecule has 1 aliphatic carbocycles. The highest BCUT2D eigenvalue weighted by atomic mass is 79.9. The third-order valence-corrected chi connectivity index (χ3v) is 5.40. The second-order valence-corrected chi connectivity index (χ2v) is 6.73. The van der Waals surface area contributed by atoms with Crippen LogP contribution in [-0.4, -0.2) is 20.8 Å². The summed E-state index contributed by atoms with van der Waals surface area (Å²) >= 11 is 5.57. The average molecular weight is 318 g/mol. The van der Waals surface area contributed by atoms with Crippen LogP contribution in [0.3, 0.4) is 0 Å². The van der Waals surface area contributed by atoms with Crippen LogP contribution in [0.2, 0.25) is 0 Å². The SMILES string of the molecule is CCn1ncc(Br)c1C(N)CSC1CCCC1. The van der Waals surface area contributed by atoms with Crippen molar-refractivity contribution in [3.8, 4) is 0 Å². The number of thioether (sulfide) groups is 1. The Bertz CT molecular complexity index is 361. The van der Waals surface area contributed by atoms with Gasteiger partial charge in [0.1, 0.15) is 0 Å². The van der Waals surface area contributed by atoms with E-state index in [4.69, 9.17) is 5.73 Å². The molecule has 3 nitrogen and oxygen atoms in total. The Balaban J connectivity index is 1.93. The molecule has 1 saturated carbocycles. The lowest BCUT2D eigenvalue weighted by atomic mass is 10.2. The van der Waals surface area contributed by atoms with Crippen molar-refractivity contribution in [3.05, 3.63) is 16.4 Å². The maximum absolute atomic E-state index is 6.28. The molecule has 0 aliphatic heterocycles. The first-order valence-electron chi connectivity index (χ1n) is 6.30. The summed E-state index contributed by atoms with van der Waals surface area (Å²) in [5, 5.41) is 5.15. The Kier molecular flexibility index (Phi) is 4.94. The zero-order valence-electron chi connectivity index (χ0n) is 10.2. The standard InChI is InChI=1S/C12H20BrN3S/c1-2-16-12(10(13)7-15-16)11(14)8-17-9-5-3-4-6-9/h7,9,11H,2-6,8,14H2,1H3. The zero-order valence-corrected chi connectivity index (χ0v) is 12.6. The van der Waals surface area contributed by atoms with Crippen LogP contribution in [-0.2, 0) is 6.54 Å². The first-order valence-corrected chi connectivity index (χ1v) is 8.15. The molecule has 17 heavy (non-hydrogen) atoms. The fourth-order valence-corrected chi connectivity index (χ4v) is 4.26. The predicted octanol–water partition coefficient (Wildman–Crippen LogP) is 3.34. The molecule has 0 radical (unpaired) electrons. The summed E-state index contributed by atoms with van der Waals surface area (Å²) < 4.78 is 3.03. The van der Waals surface area contributed by atoms with Crippen LogP contribution in [0.5, 0.6) is 0 Å². The largest absolute Gasteiger partial charge is 0.322 e. The maximum atomic E-state index is 6.28. The summed E-state index contributed by atoms with van der Waals surface area (Å²) in [6.07, 6.45) is 7.36. The summed E-state index contributed by atoms with van der Waals surface area (Å²) in [6, 6.07) is 0.0809. The van der Waals surface area contributed by atoms with Gasteiger partial charge >= 0.3 is 0 Å². The van der Waals surface area contributed by atoms with Crippen LogP contribution < -0.4 is 5.73 Å². The van der Waals surface area contributed by atoms with Crippen LogP contribution in [0.4, 0.5) is 0 Å². The monoisotopic (exact) mass is 317 g/mol. The lowest BCUT2D eigenvalue weighted by Crippen LogP contribution is -2.19. The summed E-state index contributed by atoms with van der Waals surface area (Å²) in [7, 11) is 0. The summed E-state index contributed by atoms with van der Waals surface area (Å²) in [5.41, 5.74) is 7.42. The van der Waals surface area contributed by atoms with Crippen LogP contribution in [0.1, 0.15) is 44.3 Å². The van der Waals surface area contributed by atoms with Crippen LogP contribution >= 0.6 is 27.7 Å². The van der Waals surface area contributed by atoms with Crippen molar-refractivity contribution in [2.45, 2.75) is 50.4 Å². The number of nitrogens with two attached hydrogens (primary N) is 1. The van der Waals surface area contributed by atoms with E-state index in [0.717, 1.165) is 27.7 Å². The Morgan fingerprint density at radius 2 is 2.29 bits per heavy atom. The van der Waals surface area contributed by atoms with Crippen LogP contribution in [0.15, 0.2) is 10.7 Å². The number of rotatable bonds is 5. The number of aryl methyl sites for hydroxylation is 1. The molecular weight excluding hydrogens is 298 g/mol. The topological polar surface area (TPSA) is 43.8 Å². The average Bonchev–Trinajstić information content (AvgIpc) is 2.94. The van der Waals surface area contributed by atoms with Gasteiger partial charge in [0.05, 0.1) is 22.4 Å². The molecule has 96 valence electrons. The van der Waals surface area contributed by atoms with E-state index in [1.807, 2.05) is 22.6 Å². The van der Waals surface area contributed by atoms with Gasteiger partial charge in [-0.3, -0.25) is 4.68 Å². The van der Waals surface area contributed by atoms with E-state index in [1.165, 1.54) is 25.7 Å². The Morgan fingerprint density at radius 1 is 1.59 bits per heavy atom. The minimum atomic E-state index is 0.0809. The maximum Gasteiger partial charge on any atom is 0.0701 e. The van der Waals surface area contributed by atoms with Crippen molar-refractivity contribution in [1.29, 1.82) is 0 Å². The summed E-state index contributed by atoms with van der Waals surface area (Å²) in [6.45, 7) is 2.97. The van der Waals surface area contributed by atoms with Crippen molar-refractivity contribution in [2.24, 2.45) is 5.73 Å². The van der Waals surface area contributed by atoms with E-state index >= 15 is 0 Å². The molecule has 1 heterocycles. The fourth-order valence-electron chi connectivity index (χ4n) is 2.37. The van der Waals surface area contributed by atoms with E-state index in [1.54, 1.807) is 0 Å². The van der Waals surface area contributed by atoms with Gasteiger partial charge in [0.15, 0.2) is 0 Å². The smallest absolute Gasteiger partial charge is 0.0701 e. The minimum absolute atomic E-state index is 0.0809. The highest BCUT2D eigenvalue weighted by Gasteiger charge is 2.20. The van der Waals surface area contributed by atoms with E-state index in [2.05, 4.69) is 28.0 Å². The van der Waals surface area contributed by atoms with Gasteiger partial charge in [0, 0.05) is 17.5 Å². The first-order chi connectivity index (χ1) is 8.22. The molecule has 2 N–H and O–H groups in total. The predicted molar refractivity (Wildman–Crippen MR) is 77.2 cm³/mol. The van der Waals surface area contributed by atoms with Crippen LogP contribution in [0, 0.1) is 0 Å². The lowest BCUT2D eigenvalue weighted by molar-refractivity contribution is 0.591. The quantitative estimate of drug-likeness (QED) is 0.905. The Morgan fingerprint density at radius 3 is 2.94 bits per heavy atom. The molecular formula is C12H20BrN3S. The molecule has 1 fully saturated rings. The van der Waals surface area contributed by atoms with Gasteiger partial charge in [-0.15, -0.1) is 0 Å². The van der Waals surface area contributed by atoms with Crippen molar-refractivity contribution in [1.82, 2.24) is 9.78 Å². The van der Waals surface area contributed by atoms with Crippen molar-refractivity contribution in [2.75, 3.05) is 5.75 Å². The number of nitrogens with zero attached hydrogens (tertiary/aromatic N) is 2. The number of aromatic nitrogens is 2. The van der Waals surface area contributed by atoms with E-state index < -0.39 is 0 Å². The highest BCUT2D eigenvalue weighted by Crippen LogP contribution is 2.32. The highest BCUT2D eigenvalue weighted by molar-refractivity contribution is 9.10. The van der Waals surface area contributed by atoms with E-state index in [9.17, 15) is 0 Å². The number of hydrogen-bond acceptors (Lipinski definition) is 3. The molecule has 1 aromatic rings. The normalized spacial score (nSPS) is 18.8. The third kappa shape index (κ3) is 3.26. The molecule has 1 aliphatic rings. The third-order valence-electron chi connectivity index (χ3n) is 3.30. The van der Waals surface area contributed by atoms with Gasteiger partial charge in [-0.1, -0.05) is 12.8 Å². The second kappa shape index (κ2) is 6.25. The molecule has 0 amide bonds. The van der Waals surface area contributed by atoms with E-state index in [-0.39, 0.29) is 6.04 Å². The second-order valence-electron chi connectivity index (χ2n) is 4.54. The number of halogens is 1. The molecule has 2 rings (SSSR count). The van der Waals surface area contributed by atoms with Gasteiger partial charge in [0.2, 0.25) is 0 Å². The first kappa shape index (κ1) is 13.4. The van der Waals surface area contributed by atoms with Crippen molar-refractivity contribution >= 4 is 27.7 Å². The molecule has 1 aromatic heterocycles. The van der Waals surface area contributed by atoms with Crippen LogP contribution in [0.25, 0.3) is 0 Å². The van der Waals surface area contributed by atoms with Gasteiger partial charge in [-0.25, -0.2) is 0 Å². The lowest BCUT2D eigenvalue weighted by Gasteiger charge is -2.16. The van der Waals surface area contributed by atoms with Gasteiger partial charge in [-0.2, -0.15) is 16.9 Å². The molecule has 5 heteroatoms. The fraction of sp³-hybridized carbons (Fsp3) is 0.750. The van der Waals surface area contributed by atoms with Gasteiger partial charge < -0.3 is 5.73 Å². The Labute approximate surface area is 116 Å². The van der Waals surface area contributed by atoms with E-state index in [0.29, 0.717) is 0 Å². The van der Waals surface area contributed by atoms with Gasteiger partial charge in [0.25, 0.3) is 0 Å². The zero-order chi connectivity index (χ0) is 12.3. The molecule has 0 spiro atoms. The van der Waals surface area contributed by atoms with Crippen molar-refractivity contribution < 1.29 is 0 Å². The molecule has 0 saturated heterocycles. The summed E-state index contributed by atoms with van der Waals surface area (Å²) in [5.74, 6) is 0.995. The minimum Gasteiger partial charge on any atom is -0.322 e. The molecule has 1 atom stereocenters.